The van der Waals surface area contributed by atoms with Crippen LogP contribution in [-0.4, -0.2) is 6.18 Å². The van der Waals surface area contributed by atoms with Gasteiger partial charge in [-0.1, -0.05) is 76.9 Å². The van der Waals surface area contributed by atoms with E-state index in [-0.39, 0.29) is 6.42 Å². The maximum atomic E-state index is 12.2. The monoisotopic (exact) mass is 400 g/mol. The van der Waals surface area contributed by atoms with Crippen molar-refractivity contribution in [3.05, 3.63) is 12.2 Å². The van der Waals surface area contributed by atoms with Gasteiger partial charge in [0.25, 0.3) is 0 Å². The van der Waals surface area contributed by atoms with E-state index in [0.29, 0.717) is 5.92 Å². The standard InChI is InChI=1S/C25H43F3/c1-2-3-4-5-6-7-10-21-12-16-23(17-13-21)24-18-14-22(15-19-24)11-8-9-20-25(26,27)28/h8,11,21-24H,2-7,9-10,12-20H2,1H3/b11-8+. The Morgan fingerprint density at radius 1 is 0.750 bits per heavy atom. The van der Waals surface area contributed by atoms with Crippen molar-refractivity contribution in [2.45, 2.75) is 122 Å². The summed E-state index contributed by atoms with van der Waals surface area (Å²) in [5, 5.41) is 0. The van der Waals surface area contributed by atoms with Gasteiger partial charge in [0.1, 0.15) is 0 Å². The predicted octanol–water partition coefficient (Wildman–Crippen LogP) is 9.25. The third-order valence-electron chi connectivity index (χ3n) is 7.34. The first-order valence-corrected chi connectivity index (χ1v) is 12.2. The Morgan fingerprint density at radius 2 is 1.32 bits per heavy atom. The van der Waals surface area contributed by atoms with Crippen LogP contribution < -0.4 is 0 Å². The van der Waals surface area contributed by atoms with E-state index in [0.717, 1.165) is 17.8 Å². The summed E-state index contributed by atoms with van der Waals surface area (Å²) < 4.78 is 36.6. The van der Waals surface area contributed by atoms with Crippen molar-refractivity contribution in [2.24, 2.45) is 23.7 Å². The van der Waals surface area contributed by atoms with Gasteiger partial charge in [0.05, 0.1) is 0 Å². The van der Waals surface area contributed by atoms with E-state index in [1.165, 1.54) is 96.3 Å². The molecular formula is C25H43F3. The van der Waals surface area contributed by atoms with Crippen LogP contribution in [0.2, 0.25) is 0 Å². The molecule has 0 amide bonds. The molecule has 0 aromatic rings. The third-order valence-corrected chi connectivity index (χ3v) is 7.34. The van der Waals surface area contributed by atoms with Crippen LogP contribution in [0.15, 0.2) is 12.2 Å². The number of halogens is 3. The lowest BCUT2D eigenvalue weighted by Crippen LogP contribution is -2.25. The molecule has 0 bridgehead atoms. The van der Waals surface area contributed by atoms with E-state index in [9.17, 15) is 13.2 Å². The normalized spacial score (nSPS) is 29.4. The molecule has 0 aromatic carbocycles. The van der Waals surface area contributed by atoms with Crippen LogP contribution in [0.3, 0.4) is 0 Å². The van der Waals surface area contributed by atoms with E-state index in [4.69, 9.17) is 0 Å². The first kappa shape index (κ1) is 23.8. The summed E-state index contributed by atoms with van der Waals surface area (Å²) in [4.78, 5) is 0. The Bertz CT molecular complexity index is 410. The van der Waals surface area contributed by atoms with Gasteiger partial charge >= 0.3 is 6.18 Å². The van der Waals surface area contributed by atoms with Gasteiger partial charge in [-0.15, -0.1) is 0 Å². The van der Waals surface area contributed by atoms with E-state index < -0.39 is 12.6 Å². The van der Waals surface area contributed by atoms with E-state index in [1.807, 2.05) is 0 Å². The maximum absolute atomic E-state index is 12.2. The van der Waals surface area contributed by atoms with Crippen LogP contribution in [0.5, 0.6) is 0 Å². The number of hydrogen-bond acceptors (Lipinski definition) is 0. The molecule has 2 fully saturated rings. The lowest BCUT2D eigenvalue weighted by atomic mass is 9.68. The van der Waals surface area contributed by atoms with Crippen LogP contribution in [-0.2, 0) is 0 Å². The minimum Gasteiger partial charge on any atom is -0.171 e. The molecular weight excluding hydrogens is 357 g/mol. The van der Waals surface area contributed by atoms with Crippen molar-refractivity contribution in [3.63, 3.8) is 0 Å². The quantitative estimate of drug-likeness (QED) is 0.239. The molecule has 0 atom stereocenters. The molecule has 0 unspecified atom stereocenters. The molecule has 3 heteroatoms. The largest absolute Gasteiger partial charge is 0.389 e. The van der Waals surface area contributed by atoms with Crippen LogP contribution in [0.1, 0.15) is 116 Å². The summed E-state index contributed by atoms with van der Waals surface area (Å²) in [5.41, 5.74) is 0. The van der Waals surface area contributed by atoms with Crippen molar-refractivity contribution < 1.29 is 13.2 Å². The second-order valence-corrected chi connectivity index (χ2v) is 9.59. The Hall–Kier alpha value is -0.470. The number of alkyl halides is 3. The minimum absolute atomic E-state index is 0.145. The zero-order chi connectivity index (χ0) is 20.2. The SMILES string of the molecule is CCCCCCCCC1CCC(C2CCC(/C=C/CCC(F)(F)F)CC2)CC1. The van der Waals surface area contributed by atoms with E-state index in [1.54, 1.807) is 6.08 Å². The van der Waals surface area contributed by atoms with Crippen LogP contribution in [0.4, 0.5) is 13.2 Å². The summed E-state index contributed by atoms with van der Waals surface area (Å²) in [6.45, 7) is 2.28. The molecule has 0 spiro atoms. The fourth-order valence-corrected chi connectivity index (χ4v) is 5.51. The molecule has 28 heavy (non-hydrogen) atoms. The first-order chi connectivity index (χ1) is 13.5. The fourth-order valence-electron chi connectivity index (χ4n) is 5.51. The van der Waals surface area contributed by atoms with Crippen LogP contribution >= 0.6 is 0 Å². The maximum Gasteiger partial charge on any atom is 0.389 e. The second kappa shape index (κ2) is 13.0. The highest BCUT2D eigenvalue weighted by molar-refractivity contribution is 4.92. The Labute approximate surface area is 171 Å². The summed E-state index contributed by atoms with van der Waals surface area (Å²) in [7, 11) is 0. The van der Waals surface area contributed by atoms with Gasteiger partial charge in [-0.25, -0.2) is 0 Å². The van der Waals surface area contributed by atoms with Gasteiger partial charge in [0, 0.05) is 6.42 Å². The molecule has 0 aliphatic heterocycles. The van der Waals surface area contributed by atoms with Gasteiger partial charge in [-0.3, -0.25) is 0 Å². The molecule has 2 saturated carbocycles. The Morgan fingerprint density at radius 3 is 1.93 bits per heavy atom. The summed E-state index contributed by atoms with van der Waals surface area (Å²) in [6, 6.07) is 0. The van der Waals surface area contributed by atoms with Crippen LogP contribution in [0.25, 0.3) is 0 Å². The lowest BCUT2D eigenvalue weighted by molar-refractivity contribution is -0.133. The summed E-state index contributed by atoms with van der Waals surface area (Å²) in [6.07, 6.45) is 19.9. The second-order valence-electron chi connectivity index (χ2n) is 9.59. The van der Waals surface area contributed by atoms with Gasteiger partial charge in [0.15, 0.2) is 0 Å². The van der Waals surface area contributed by atoms with E-state index >= 15 is 0 Å². The van der Waals surface area contributed by atoms with Crippen molar-refractivity contribution in [1.82, 2.24) is 0 Å². The lowest BCUT2D eigenvalue weighted by Gasteiger charge is -2.37. The molecule has 2 aliphatic rings. The van der Waals surface area contributed by atoms with Crippen LogP contribution in [0, 0.1) is 23.7 Å². The summed E-state index contributed by atoms with van der Waals surface area (Å²) >= 11 is 0. The van der Waals surface area contributed by atoms with Gasteiger partial charge in [0.2, 0.25) is 0 Å². The Kier molecular flexibility index (Phi) is 11.0. The summed E-state index contributed by atoms with van der Waals surface area (Å²) in [5.74, 6) is 3.31. The molecule has 0 nitrogen and oxygen atoms in total. The molecule has 2 rings (SSSR count). The number of allylic oxidation sites excluding steroid dienone is 2. The highest BCUT2D eigenvalue weighted by Crippen LogP contribution is 2.42. The topological polar surface area (TPSA) is 0 Å². The molecule has 2 aliphatic carbocycles. The predicted molar refractivity (Wildman–Crippen MR) is 113 cm³/mol. The molecule has 164 valence electrons. The van der Waals surface area contributed by atoms with Crippen molar-refractivity contribution in [1.29, 1.82) is 0 Å². The zero-order valence-electron chi connectivity index (χ0n) is 18.1. The highest BCUT2D eigenvalue weighted by Gasteiger charge is 2.30. The number of unbranched alkanes of at least 4 members (excludes halogenated alkanes) is 5. The van der Waals surface area contributed by atoms with Crippen molar-refractivity contribution in [3.8, 4) is 0 Å². The Balaban J connectivity index is 1.54. The number of rotatable bonds is 11. The van der Waals surface area contributed by atoms with Gasteiger partial charge in [-0.05, 0) is 68.6 Å². The number of hydrogen-bond donors (Lipinski definition) is 0. The zero-order valence-corrected chi connectivity index (χ0v) is 18.1. The minimum atomic E-state index is -4.02. The third kappa shape index (κ3) is 9.83. The highest BCUT2D eigenvalue weighted by atomic mass is 19.4. The van der Waals surface area contributed by atoms with Gasteiger partial charge in [-0.2, -0.15) is 13.2 Å². The molecule has 0 N–H and O–H groups in total. The smallest absolute Gasteiger partial charge is 0.171 e. The van der Waals surface area contributed by atoms with Crippen molar-refractivity contribution >= 4 is 0 Å². The molecule has 0 saturated heterocycles. The average molecular weight is 401 g/mol. The van der Waals surface area contributed by atoms with Gasteiger partial charge < -0.3 is 0 Å². The molecule has 0 radical (unpaired) electrons. The molecule has 0 heterocycles. The molecule has 0 aromatic heterocycles. The first-order valence-electron chi connectivity index (χ1n) is 12.2. The van der Waals surface area contributed by atoms with Crippen molar-refractivity contribution in [2.75, 3.05) is 0 Å². The fraction of sp³-hybridized carbons (Fsp3) is 0.920. The average Bonchev–Trinajstić information content (AvgIpc) is 2.68. The van der Waals surface area contributed by atoms with E-state index in [2.05, 4.69) is 13.0 Å².